The lowest BCUT2D eigenvalue weighted by Crippen LogP contribution is -2.30. The van der Waals surface area contributed by atoms with E-state index in [1.807, 2.05) is 0 Å². The van der Waals surface area contributed by atoms with Crippen LogP contribution in [0.15, 0.2) is 24.3 Å². The van der Waals surface area contributed by atoms with E-state index in [1.165, 1.54) is 24.1 Å². The second kappa shape index (κ2) is 7.71. The first-order chi connectivity index (χ1) is 11.3. The summed E-state index contributed by atoms with van der Waals surface area (Å²) in [7, 11) is 1.51. The number of aliphatic hydroxyl groups excluding tert-OH is 1. The summed E-state index contributed by atoms with van der Waals surface area (Å²) in [5, 5.41) is 8.88. The molecule has 1 heterocycles. The van der Waals surface area contributed by atoms with Gasteiger partial charge in [-0.3, -0.25) is 4.90 Å². The van der Waals surface area contributed by atoms with Gasteiger partial charge in [-0.15, -0.1) is 0 Å². The van der Waals surface area contributed by atoms with Crippen molar-refractivity contribution in [2.45, 2.75) is 24.8 Å². The molecule has 0 aromatic heterocycles. The van der Waals surface area contributed by atoms with Crippen molar-refractivity contribution in [3.63, 3.8) is 0 Å². The summed E-state index contributed by atoms with van der Waals surface area (Å²) >= 11 is 0. The molecule has 1 N–H and O–H groups in total. The number of alkyl halides is 3. The molecule has 1 saturated heterocycles. The van der Waals surface area contributed by atoms with Crippen molar-refractivity contribution in [1.82, 2.24) is 0 Å². The maximum atomic E-state index is 12.2. The first kappa shape index (κ1) is 18.3. The van der Waals surface area contributed by atoms with Crippen LogP contribution < -0.4 is 9.64 Å². The van der Waals surface area contributed by atoms with Gasteiger partial charge in [0.1, 0.15) is 11.9 Å². The predicted octanol–water partition coefficient (Wildman–Crippen LogP) is 2.35. The molecule has 1 aliphatic rings. The summed E-state index contributed by atoms with van der Waals surface area (Å²) in [5.74, 6) is 0.342. The van der Waals surface area contributed by atoms with Gasteiger partial charge in [-0.2, -0.15) is 13.2 Å². The number of nitrogens with zero attached hydrogens (tertiary/aromatic N) is 1. The fourth-order valence-corrected chi connectivity index (χ4v) is 2.18. The molecule has 1 amide bonds. The highest BCUT2D eigenvalue weighted by molar-refractivity contribution is 5.89. The minimum Gasteiger partial charge on any atom is -0.493 e. The largest absolute Gasteiger partial charge is 0.493 e. The van der Waals surface area contributed by atoms with Crippen molar-refractivity contribution in [2.75, 3.05) is 31.8 Å². The number of hydrogen-bond donors (Lipinski definition) is 1. The molecule has 1 fully saturated rings. The molecule has 24 heavy (non-hydrogen) atoms. The van der Waals surface area contributed by atoms with E-state index in [0.29, 0.717) is 24.6 Å². The number of benzene rings is 1. The van der Waals surface area contributed by atoms with Crippen LogP contribution >= 0.6 is 0 Å². The molecule has 9 heteroatoms. The Kier molecular flexibility index (Phi) is 5.89. The molecule has 6 nitrogen and oxygen atoms in total. The van der Waals surface area contributed by atoms with E-state index in [2.05, 4.69) is 0 Å². The van der Waals surface area contributed by atoms with Crippen LogP contribution in [0.25, 0.3) is 0 Å². The van der Waals surface area contributed by atoms with Crippen molar-refractivity contribution in [1.29, 1.82) is 0 Å². The molecule has 0 saturated carbocycles. The standard InChI is InChI=1S/C15H18F3NO5/c1-22-9-12-8-19(14(21)24-12)10-2-4-11(5-3-10)23-7-6-13(20)15(16,17)18/h2-5,12-13,20H,6-9H2,1H3/t12?,13-/m1/s1. The fourth-order valence-electron chi connectivity index (χ4n) is 2.18. The predicted molar refractivity (Wildman–Crippen MR) is 78.1 cm³/mol. The van der Waals surface area contributed by atoms with Crippen LogP contribution in [0, 0.1) is 0 Å². The van der Waals surface area contributed by atoms with Crippen LogP contribution in [0.3, 0.4) is 0 Å². The lowest BCUT2D eigenvalue weighted by Gasteiger charge is -2.16. The summed E-state index contributed by atoms with van der Waals surface area (Å²) < 4.78 is 51.7. The normalized spacial score (nSPS) is 19.3. The van der Waals surface area contributed by atoms with Crippen LogP contribution in [0.1, 0.15) is 6.42 Å². The molecule has 2 atom stereocenters. The monoisotopic (exact) mass is 349 g/mol. The molecule has 2 rings (SSSR count). The molecule has 1 aromatic carbocycles. The summed E-state index contributed by atoms with van der Waals surface area (Å²) in [6.07, 6.45) is -8.44. The van der Waals surface area contributed by atoms with E-state index in [0.717, 1.165) is 0 Å². The molecular formula is C15H18F3NO5. The van der Waals surface area contributed by atoms with Gasteiger partial charge in [0.05, 0.1) is 19.8 Å². The maximum Gasteiger partial charge on any atom is 0.414 e. The van der Waals surface area contributed by atoms with E-state index < -0.39 is 24.8 Å². The molecule has 0 aliphatic carbocycles. The van der Waals surface area contributed by atoms with E-state index in [9.17, 15) is 18.0 Å². The lowest BCUT2D eigenvalue weighted by atomic mass is 10.2. The van der Waals surface area contributed by atoms with Crippen molar-refractivity contribution < 1.29 is 37.3 Å². The van der Waals surface area contributed by atoms with Crippen molar-refractivity contribution in [3.8, 4) is 5.75 Å². The number of carbonyl (C=O) groups excluding carboxylic acids is 1. The molecular weight excluding hydrogens is 331 g/mol. The fraction of sp³-hybridized carbons (Fsp3) is 0.533. The van der Waals surface area contributed by atoms with Gasteiger partial charge in [-0.1, -0.05) is 0 Å². The smallest absolute Gasteiger partial charge is 0.414 e. The molecule has 1 aromatic rings. The molecule has 1 unspecified atom stereocenters. The van der Waals surface area contributed by atoms with Crippen molar-refractivity contribution in [2.24, 2.45) is 0 Å². The number of halogens is 3. The van der Waals surface area contributed by atoms with Crippen LogP contribution in [-0.2, 0) is 9.47 Å². The first-order valence-electron chi connectivity index (χ1n) is 7.26. The summed E-state index contributed by atoms with van der Waals surface area (Å²) in [5.41, 5.74) is 0.585. The zero-order valence-electron chi connectivity index (χ0n) is 13.0. The van der Waals surface area contributed by atoms with Crippen LogP contribution in [0.4, 0.5) is 23.7 Å². The molecule has 134 valence electrons. The number of methoxy groups -OCH3 is 1. The number of aliphatic hydroxyl groups is 1. The average Bonchev–Trinajstić information content (AvgIpc) is 2.88. The highest BCUT2D eigenvalue weighted by atomic mass is 19.4. The Hall–Kier alpha value is -2.00. The zero-order chi connectivity index (χ0) is 17.7. The van der Waals surface area contributed by atoms with Gasteiger partial charge in [0, 0.05) is 19.2 Å². The summed E-state index contributed by atoms with van der Waals surface area (Å²) in [6, 6.07) is 6.27. The molecule has 0 radical (unpaired) electrons. The highest BCUT2D eigenvalue weighted by Crippen LogP contribution is 2.25. The van der Waals surface area contributed by atoms with Crippen molar-refractivity contribution >= 4 is 11.8 Å². The summed E-state index contributed by atoms with van der Waals surface area (Å²) in [4.78, 5) is 13.2. The SMILES string of the molecule is COCC1CN(c2ccc(OCC[C@@H](O)C(F)(F)F)cc2)C(=O)O1. The second-order valence-corrected chi connectivity index (χ2v) is 5.26. The van der Waals surface area contributed by atoms with Gasteiger partial charge in [0.15, 0.2) is 6.10 Å². The number of cyclic esters (lactones) is 1. The molecule has 1 aliphatic heterocycles. The van der Waals surface area contributed by atoms with Gasteiger partial charge < -0.3 is 19.3 Å². The van der Waals surface area contributed by atoms with Gasteiger partial charge in [-0.05, 0) is 24.3 Å². The van der Waals surface area contributed by atoms with E-state index in [1.54, 1.807) is 12.1 Å². The van der Waals surface area contributed by atoms with Crippen LogP contribution in [0.2, 0.25) is 0 Å². The quantitative estimate of drug-likeness (QED) is 0.818. The Bertz CT molecular complexity index is 549. The number of hydrogen-bond acceptors (Lipinski definition) is 5. The zero-order valence-corrected chi connectivity index (χ0v) is 13.0. The average molecular weight is 349 g/mol. The Morgan fingerprint density at radius 3 is 2.62 bits per heavy atom. The Morgan fingerprint density at radius 2 is 2.04 bits per heavy atom. The van der Waals surface area contributed by atoms with Gasteiger partial charge in [0.25, 0.3) is 0 Å². The van der Waals surface area contributed by atoms with E-state index in [4.69, 9.17) is 19.3 Å². The number of anilines is 1. The number of carbonyl (C=O) groups is 1. The minimum absolute atomic E-state index is 0.276. The second-order valence-electron chi connectivity index (χ2n) is 5.26. The molecule has 0 spiro atoms. The van der Waals surface area contributed by atoms with E-state index >= 15 is 0 Å². The van der Waals surface area contributed by atoms with Crippen LogP contribution in [0.5, 0.6) is 5.75 Å². The number of rotatable bonds is 7. The summed E-state index contributed by atoms with van der Waals surface area (Å²) in [6.45, 7) is 0.372. The Balaban J connectivity index is 1.86. The first-order valence-corrected chi connectivity index (χ1v) is 7.26. The van der Waals surface area contributed by atoms with Crippen molar-refractivity contribution in [3.05, 3.63) is 24.3 Å². The highest BCUT2D eigenvalue weighted by Gasteiger charge is 2.37. The number of amides is 1. The van der Waals surface area contributed by atoms with Gasteiger partial charge in [0.2, 0.25) is 0 Å². The van der Waals surface area contributed by atoms with Crippen LogP contribution in [-0.4, -0.2) is 56.5 Å². The molecule has 0 bridgehead atoms. The third-order valence-electron chi connectivity index (χ3n) is 3.41. The Morgan fingerprint density at radius 1 is 1.38 bits per heavy atom. The topological polar surface area (TPSA) is 68.2 Å². The third kappa shape index (κ3) is 4.75. The van der Waals surface area contributed by atoms with Gasteiger partial charge >= 0.3 is 12.3 Å². The van der Waals surface area contributed by atoms with Gasteiger partial charge in [-0.25, -0.2) is 4.79 Å². The third-order valence-corrected chi connectivity index (χ3v) is 3.41. The maximum absolute atomic E-state index is 12.2. The van der Waals surface area contributed by atoms with E-state index in [-0.39, 0.29) is 12.7 Å². The Labute approximate surface area is 136 Å². The lowest BCUT2D eigenvalue weighted by molar-refractivity contribution is -0.206. The number of ether oxygens (including phenoxy) is 3. The minimum atomic E-state index is -4.65.